The molecule has 148 valence electrons. The van der Waals surface area contributed by atoms with Crippen LogP contribution < -0.4 is 4.90 Å². The van der Waals surface area contributed by atoms with Gasteiger partial charge in [-0.2, -0.15) is 0 Å². The van der Waals surface area contributed by atoms with Crippen LogP contribution in [0.15, 0.2) is 60.7 Å². The van der Waals surface area contributed by atoms with Crippen LogP contribution >= 0.6 is 11.6 Å². The van der Waals surface area contributed by atoms with Gasteiger partial charge in [-0.15, -0.1) is 0 Å². The molecule has 0 N–H and O–H groups in total. The summed E-state index contributed by atoms with van der Waals surface area (Å²) in [4.78, 5) is 27.5. The lowest BCUT2D eigenvalue weighted by atomic mass is 9.77. The highest BCUT2D eigenvalue weighted by Gasteiger charge is 2.67. The summed E-state index contributed by atoms with van der Waals surface area (Å²) in [6.07, 6.45) is 3.16. The number of rotatable bonds is 4. The Morgan fingerprint density at radius 2 is 2.07 bits per heavy atom. The van der Waals surface area contributed by atoms with Gasteiger partial charge in [0.15, 0.2) is 0 Å². The normalized spacial score (nSPS) is 29.4. The molecule has 3 heterocycles. The maximum atomic E-state index is 13.9. The first-order chi connectivity index (χ1) is 14.0. The molecule has 2 aromatic rings. The van der Waals surface area contributed by atoms with Crippen molar-refractivity contribution in [3.05, 3.63) is 77.1 Å². The number of halogens is 2. The SMILES string of the molecule is O=C(OCc1ccccc1)[C@@H]1[C@H]2C(=O)N(c3ccc(Cl)c(F)c3)C[C@@]23C=C[C@H]1O3. The molecule has 0 unspecified atom stereocenters. The third-order valence-electron chi connectivity index (χ3n) is 5.81. The second kappa shape index (κ2) is 6.68. The highest BCUT2D eigenvalue weighted by atomic mass is 35.5. The van der Waals surface area contributed by atoms with Crippen molar-refractivity contribution in [1.29, 1.82) is 0 Å². The molecule has 2 bridgehead atoms. The summed E-state index contributed by atoms with van der Waals surface area (Å²) in [7, 11) is 0. The number of ether oxygens (including phenoxy) is 2. The molecular weight excluding hydrogens is 397 g/mol. The molecule has 2 saturated heterocycles. The van der Waals surface area contributed by atoms with Gasteiger partial charge in [-0.05, 0) is 23.8 Å². The van der Waals surface area contributed by atoms with Crippen LogP contribution in [0.3, 0.4) is 0 Å². The largest absolute Gasteiger partial charge is 0.460 e. The van der Waals surface area contributed by atoms with Crippen molar-refractivity contribution in [1.82, 2.24) is 0 Å². The zero-order chi connectivity index (χ0) is 20.2. The summed E-state index contributed by atoms with van der Waals surface area (Å²) in [6, 6.07) is 13.6. The molecule has 3 aliphatic heterocycles. The first kappa shape index (κ1) is 18.3. The van der Waals surface area contributed by atoms with Crippen LogP contribution in [-0.2, 0) is 25.7 Å². The van der Waals surface area contributed by atoms with Gasteiger partial charge in [0.1, 0.15) is 23.9 Å². The standard InChI is InChI=1S/C22H17ClFNO4/c23-15-7-6-14(10-16(15)24)25-12-22-9-8-17(29-22)18(19(22)20(25)26)21(27)28-11-13-4-2-1-3-5-13/h1-10,17-19H,11-12H2/t17-,18+,19+,22+/m1/s1. The van der Waals surface area contributed by atoms with E-state index in [2.05, 4.69) is 0 Å². The number of hydrogen-bond donors (Lipinski definition) is 0. The number of hydrogen-bond acceptors (Lipinski definition) is 4. The molecule has 0 radical (unpaired) electrons. The van der Waals surface area contributed by atoms with Gasteiger partial charge >= 0.3 is 5.97 Å². The Kier molecular flexibility index (Phi) is 4.22. The molecule has 1 amide bonds. The van der Waals surface area contributed by atoms with E-state index in [0.717, 1.165) is 5.56 Å². The Morgan fingerprint density at radius 3 is 2.83 bits per heavy atom. The van der Waals surface area contributed by atoms with Crippen molar-refractivity contribution in [3.63, 3.8) is 0 Å². The maximum Gasteiger partial charge on any atom is 0.313 e. The monoisotopic (exact) mass is 413 g/mol. The molecule has 2 aromatic carbocycles. The maximum absolute atomic E-state index is 13.9. The second-order valence-electron chi connectivity index (χ2n) is 7.52. The second-order valence-corrected chi connectivity index (χ2v) is 7.92. The summed E-state index contributed by atoms with van der Waals surface area (Å²) in [6.45, 7) is 0.347. The van der Waals surface area contributed by atoms with E-state index in [9.17, 15) is 14.0 Å². The van der Waals surface area contributed by atoms with Crippen LogP contribution in [0, 0.1) is 17.7 Å². The first-order valence-corrected chi connectivity index (χ1v) is 9.70. The topological polar surface area (TPSA) is 55.8 Å². The average molecular weight is 414 g/mol. The van der Waals surface area contributed by atoms with Crippen LogP contribution in [0.2, 0.25) is 5.02 Å². The van der Waals surface area contributed by atoms with E-state index in [1.165, 1.54) is 17.0 Å². The fourth-order valence-electron chi connectivity index (χ4n) is 4.46. The summed E-state index contributed by atoms with van der Waals surface area (Å²) in [5.41, 5.74) is 0.359. The van der Waals surface area contributed by atoms with E-state index in [4.69, 9.17) is 21.1 Å². The number of fused-ring (bicyclic) bond motifs is 1. The number of amides is 1. The Labute approximate surface area is 171 Å². The minimum absolute atomic E-state index is 0.0156. The van der Waals surface area contributed by atoms with Gasteiger partial charge in [-0.1, -0.05) is 54.1 Å². The molecular formula is C22H17ClFNO4. The van der Waals surface area contributed by atoms with Crippen LogP contribution in [0.5, 0.6) is 0 Å². The van der Waals surface area contributed by atoms with E-state index < -0.39 is 35.3 Å². The van der Waals surface area contributed by atoms with E-state index in [-0.39, 0.29) is 24.1 Å². The lowest BCUT2D eigenvalue weighted by Crippen LogP contribution is -2.40. The number of carbonyl (C=O) groups is 2. The minimum atomic E-state index is -0.895. The molecule has 2 fully saturated rings. The Hall–Kier alpha value is -2.70. The number of anilines is 1. The van der Waals surface area contributed by atoms with Crippen LogP contribution in [-0.4, -0.2) is 30.1 Å². The van der Waals surface area contributed by atoms with Crippen molar-refractivity contribution in [3.8, 4) is 0 Å². The molecule has 29 heavy (non-hydrogen) atoms. The van der Waals surface area contributed by atoms with Gasteiger partial charge in [0.05, 0.1) is 23.6 Å². The highest BCUT2D eigenvalue weighted by molar-refractivity contribution is 6.30. The predicted octanol–water partition coefficient (Wildman–Crippen LogP) is 3.51. The minimum Gasteiger partial charge on any atom is -0.460 e. The lowest BCUT2D eigenvalue weighted by molar-refractivity contribution is -0.153. The van der Waals surface area contributed by atoms with Crippen molar-refractivity contribution in [2.24, 2.45) is 11.8 Å². The third kappa shape index (κ3) is 2.86. The van der Waals surface area contributed by atoms with Crippen LogP contribution in [0.25, 0.3) is 0 Å². The quantitative estimate of drug-likeness (QED) is 0.568. The van der Waals surface area contributed by atoms with Crippen molar-refractivity contribution >= 4 is 29.2 Å². The van der Waals surface area contributed by atoms with Gasteiger partial charge in [-0.3, -0.25) is 9.59 Å². The smallest absolute Gasteiger partial charge is 0.313 e. The van der Waals surface area contributed by atoms with Crippen LogP contribution in [0.1, 0.15) is 5.56 Å². The molecule has 5 nitrogen and oxygen atoms in total. The molecule has 1 spiro atoms. The average Bonchev–Trinajstić information content (AvgIpc) is 3.37. The molecule has 7 heteroatoms. The molecule has 5 rings (SSSR count). The van der Waals surface area contributed by atoms with Crippen LogP contribution in [0.4, 0.5) is 10.1 Å². The first-order valence-electron chi connectivity index (χ1n) is 9.33. The lowest BCUT2D eigenvalue weighted by Gasteiger charge is -2.22. The molecule has 0 aliphatic carbocycles. The van der Waals surface area contributed by atoms with Gasteiger partial charge in [0.25, 0.3) is 0 Å². The van der Waals surface area contributed by atoms with Crippen molar-refractivity contribution in [2.75, 3.05) is 11.4 Å². The summed E-state index contributed by atoms with van der Waals surface area (Å²) >= 11 is 5.76. The molecule has 3 aliphatic rings. The van der Waals surface area contributed by atoms with Crippen molar-refractivity contribution < 1.29 is 23.5 Å². The zero-order valence-electron chi connectivity index (χ0n) is 15.3. The summed E-state index contributed by atoms with van der Waals surface area (Å²) in [5.74, 6) is -2.77. The Balaban J connectivity index is 1.39. The van der Waals surface area contributed by atoms with E-state index in [1.54, 1.807) is 6.07 Å². The van der Waals surface area contributed by atoms with E-state index >= 15 is 0 Å². The fraction of sp³-hybridized carbons (Fsp3) is 0.273. The van der Waals surface area contributed by atoms with Gasteiger partial charge in [0.2, 0.25) is 5.91 Å². The zero-order valence-corrected chi connectivity index (χ0v) is 16.0. The number of esters is 1. The van der Waals surface area contributed by atoms with E-state index in [0.29, 0.717) is 5.69 Å². The van der Waals surface area contributed by atoms with Gasteiger partial charge < -0.3 is 14.4 Å². The van der Waals surface area contributed by atoms with E-state index in [1.807, 2.05) is 42.5 Å². The van der Waals surface area contributed by atoms with Crippen molar-refractivity contribution in [2.45, 2.75) is 18.3 Å². The molecule has 0 aromatic heterocycles. The highest BCUT2D eigenvalue weighted by Crippen LogP contribution is 2.53. The van der Waals surface area contributed by atoms with Gasteiger partial charge in [0, 0.05) is 5.69 Å². The predicted molar refractivity (Wildman–Crippen MR) is 104 cm³/mol. The third-order valence-corrected chi connectivity index (χ3v) is 6.12. The number of benzene rings is 2. The molecule has 4 atom stereocenters. The van der Waals surface area contributed by atoms with Gasteiger partial charge in [-0.25, -0.2) is 4.39 Å². The molecule has 0 saturated carbocycles. The fourth-order valence-corrected chi connectivity index (χ4v) is 4.58. The Morgan fingerprint density at radius 1 is 1.28 bits per heavy atom. The number of carbonyl (C=O) groups excluding carboxylic acids is 2. The summed E-state index contributed by atoms with van der Waals surface area (Å²) < 4.78 is 25.5. The summed E-state index contributed by atoms with van der Waals surface area (Å²) in [5, 5.41) is -0.0156. The Bertz CT molecular complexity index is 1030. The number of nitrogens with zero attached hydrogens (tertiary/aromatic N) is 1.